The first-order valence-corrected chi connectivity index (χ1v) is 9.19. The molecule has 6 heteroatoms. The van der Waals surface area contributed by atoms with Crippen LogP contribution in [0.2, 0.25) is 5.02 Å². The molecule has 1 aromatic carbocycles. The SMILES string of the molecule is CCc1nn(C)c(CC)c1CNC(=NC)NCCc1ccc(Cl)cc1. The largest absolute Gasteiger partial charge is 0.356 e. The normalized spacial score (nSPS) is 11.6. The van der Waals surface area contributed by atoms with Crippen LogP contribution < -0.4 is 10.6 Å². The van der Waals surface area contributed by atoms with Crippen molar-refractivity contribution < 1.29 is 0 Å². The lowest BCUT2D eigenvalue weighted by Gasteiger charge is -2.13. The average Bonchev–Trinajstić information content (AvgIpc) is 2.94. The number of hydrogen-bond donors (Lipinski definition) is 2. The molecule has 1 heterocycles. The van der Waals surface area contributed by atoms with Crippen LogP contribution in [0.5, 0.6) is 0 Å². The van der Waals surface area contributed by atoms with E-state index in [9.17, 15) is 0 Å². The number of nitrogens with one attached hydrogen (secondary N) is 2. The fourth-order valence-electron chi connectivity index (χ4n) is 2.96. The molecule has 1 aromatic heterocycles. The van der Waals surface area contributed by atoms with Crippen LogP contribution in [0.3, 0.4) is 0 Å². The number of hydrogen-bond acceptors (Lipinski definition) is 2. The van der Waals surface area contributed by atoms with Crippen LogP contribution in [-0.2, 0) is 32.9 Å². The van der Waals surface area contributed by atoms with Gasteiger partial charge in [-0.2, -0.15) is 5.10 Å². The maximum atomic E-state index is 5.92. The summed E-state index contributed by atoms with van der Waals surface area (Å²) in [6.07, 6.45) is 2.84. The second-order valence-corrected chi connectivity index (χ2v) is 6.37. The van der Waals surface area contributed by atoms with E-state index in [0.29, 0.717) is 0 Å². The highest BCUT2D eigenvalue weighted by Crippen LogP contribution is 2.15. The molecule has 0 aliphatic rings. The third kappa shape index (κ3) is 5.23. The van der Waals surface area contributed by atoms with Gasteiger partial charge in [-0.3, -0.25) is 9.67 Å². The second-order valence-electron chi connectivity index (χ2n) is 5.93. The first kappa shape index (κ1) is 19.3. The quantitative estimate of drug-likeness (QED) is 0.588. The fraction of sp³-hybridized carbons (Fsp3) is 0.474. The average molecular weight is 362 g/mol. The molecule has 0 fully saturated rings. The predicted octanol–water partition coefficient (Wildman–Crippen LogP) is 3.11. The Morgan fingerprint density at radius 2 is 1.88 bits per heavy atom. The summed E-state index contributed by atoms with van der Waals surface area (Å²) in [5.41, 5.74) is 4.97. The maximum absolute atomic E-state index is 5.92. The van der Waals surface area contributed by atoms with Crippen molar-refractivity contribution in [3.63, 3.8) is 0 Å². The van der Waals surface area contributed by atoms with Crippen LogP contribution in [0.1, 0.15) is 36.4 Å². The molecule has 0 saturated heterocycles. The van der Waals surface area contributed by atoms with Gasteiger partial charge in [-0.25, -0.2) is 0 Å². The molecular weight excluding hydrogens is 334 g/mol. The molecule has 0 bridgehead atoms. The van der Waals surface area contributed by atoms with Gasteiger partial charge in [0.1, 0.15) is 0 Å². The van der Waals surface area contributed by atoms with E-state index in [4.69, 9.17) is 11.6 Å². The number of nitrogens with zero attached hydrogens (tertiary/aromatic N) is 3. The zero-order valence-electron chi connectivity index (χ0n) is 15.6. The fourth-order valence-corrected chi connectivity index (χ4v) is 3.09. The Hall–Kier alpha value is -2.01. The lowest BCUT2D eigenvalue weighted by Crippen LogP contribution is -2.38. The molecule has 0 radical (unpaired) electrons. The van der Waals surface area contributed by atoms with E-state index in [2.05, 4.69) is 46.7 Å². The van der Waals surface area contributed by atoms with Crippen molar-refractivity contribution in [1.82, 2.24) is 20.4 Å². The van der Waals surface area contributed by atoms with Gasteiger partial charge in [-0.1, -0.05) is 37.6 Å². The summed E-state index contributed by atoms with van der Waals surface area (Å²) in [5, 5.41) is 12.2. The van der Waals surface area contributed by atoms with E-state index < -0.39 is 0 Å². The standard InChI is InChI=1S/C19H28ClN5/c1-5-17-16(18(6-2)25(4)24-17)13-23-19(21-3)22-12-11-14-7-9-15(20)10-8-14/h7-10H,5-6,11-13H2,1-4H3,(H2,21,22,23). The molecule has 25 heavy (non-hydrogen) atoms. The minimum absolute atomic E-state index is 0.737. The number of aromatic nitrogens is 2. The molecule has 0 unspecified atom stereocenters. The Bertz CT molecular complexity index is 703. The molecule has 2 aromatic rings. The van der Waals surface area contributed by atoms with Crippen molar-refractivity contribution in [3.8, 4) is 0 Å². The smallest absolute Gasteiger partial charge is 0.191 e. The molecular formula is C19H28ClN5. The zero-order chi connectivity index (χ0) is 18.2. The second kappa shape index (κ2) is 9.47. The summed E-state index contributed by atoms with van der Waals surface area (Å²) in [4.78, 5) is 4.31. The number of aliphatic imine (C=N–C) groups is 1. The topological polar surface area (TPSA) is 54.2 Å². The minimum Gasteiger partial charge on any atom is -0.356 e. The number of rotatable bonds is 7. The molecule has 0 atom stereocenters. The van der Waals surface area contributed by atoms with Gasteiger partial charge in [-0.15, -0.1) is 0 Å². The van der Waals surface area contributed by atoms with Gasteiger partial charge in [0.25, 0.3) is 0 Å². The van der Waals surface area contributed by atoms with Crippen molar-refractivity contribution in [2.45, 2.75) is 39.7 Å². The molecule has 0 saturated carbocycles. The number of benzene rings is 1. The van der Waals surface area contributed by atoms with Crippen molar-refractivity contribution in [3.05, 3.63) is 51.8 Å². The van der Waals surface area contributed by atoms with Gasteiger partial charge in [-0.05, 0) is 37.0 Å². The van der Waals surface area contributed by atoms with Gasteiger partial charge in [0.05, 0.1) is 5.69 Å². The van der Waals surface area contributed by atoms with Crippen molar-refractivity contribution in [2.24, 2.45) is 12.0 Å². The Balaban J connectivity index is 1.89. The van der Waals surface area contributed by atoms with Crippen LogP contribution in [0.25, 0.3) is 0 Å². The molecule has 0 aliphatic carbocycles. The van der Waals surface area contributed by atoms with Crippen LogP contribution >= 0.6 is 11.6 Å². The molecule has 2 N–H and O–H groups in total. The van der Waals surface area contributed by atoms with E-state index >= 15 is 0 Å². The van der Waals surface area contributed by atoms with Crippen LogP contribution in [0, 0.1) is 0 Å². The predicted molar refractivity (Wildman–Crippen MR) is 105 cm³/mol. The first-order valence-electron chi connectivity index (χ1n) is 8.81. The lowest BCUT2D eigenvalue weighted by atomic mass is 10.1. The van der Waals surface area contributed by atoms with E-state index in [1.165, 1.54) is 16.8 Å². The summed E-state index contributed by atoms with van der Waals surface area (Å²) in [6.45, 7) is 5.86. The van der Waals surface area contributed by atoms with E-state index in [0.717, 1.165) is 49.0 Å². The van der Waals surface area contributed by atoms with Crippen LogP contribution in [0.15, 0.2) is 29.3 Å². The number of guanidine groups is 1. The minimum atomic E-state index is 0.737. The highest BCUT2D eigenvalue weighted by Gasteiger charge is 2.13. The Labute approximate surface area is 155 Å². The van der Waals surface area contributed by atoms with Crippen molar-refractivity contribution in [1.29, 1.82) is 0 Å². The lowest BCUT2D eigenvalue weighted by molar-refractivity contribution is 0.702. The molecule has 0 aliphatic heterocycles. The summed E-state index contributed by atoms with van der Waals surface area (Å²) in [7, 11) is 3.81. The van der Waals surface area contributed by atoms with Gasteiger partial charge < -0.3 is 10.6 Å². The molecule has 2 rings (SSSR count). The zero-order valence-corrected chi connectivity index (χ0v) is 16.3. The number of aryl methyl sites for hydroxylation is 2. The van der Waals surface area contributed by atoms with Gasteiger partial charge >= 0.3 is 0 Å². The Morgan fingerprint density at radius 3 is 2.48 bits per heavy atom. The molecule has 0 spiro atoms. The summed E-state index contributed by atoms with van der Waals surface area (Å²) < 4.78 is 1.99. The third-order valence-electron chi connectivity index (χ3n) is 4.30. The highest BCUT2D eigenvalue weighted by atomic mass is 35.5. The summed E-state index contributed by atoms with van der Waals surface area (Å²) >= 11 is 5.92. The Kier molecular flexibility index (Phi) is 7.31. The summed E-state index contributed by atoms with van der Waals surface area (Å²) in [5.74, 6) is 0.807. The Morgan fingerprint density at radius 1 is 1.16 bits per heavy atom. The highest BCUT2D eigenvalue weighted by molar-refractivity contribution is 6.30. The third-order valence-corrected chi connectivity index (χ3v) is 4.56. The summed E-state index contributed by atoms with van der Waals surface area (Å²) in [6, 6.07) is 7.95. The monoisotopic (exact) mass is 361 g/mol. The van der Waals surface area contributed by atoms with E-state index in [-0.39, 0.29) is 0 Å². The van der Waals surface area contributed by atoms with Crippen molar-refractivity contribution >= 4 is 17.6 Å². The van der Waals surface area contributed by atoms with Crippen LogP contribution in [-0.4, -0.2) is 29.3 Å². The molecule has 0 amide bonds. The number of halogens is 1. The van der Waals surface area contributed by atoms with Crippen LogP contribution in [0.4, 0.5) is 0 Å². The van der Waals surface area contributed by atoms with E-state index in [1.54, 1.807) is 7.05 Å². The van der Waals surface area contributed by atoms with Gasteiger partial charge in [0.2, 0.25) is 0 Å². The van der Waals surface area contributed by atoms with E-state index in [1.807, 2.05) is 23.9 Å². The van der Waals surface area contributed by atoms with Gasteiger partial charge in [0, 0.05) is 43.5 Å². The molecule has 5 nitrogen and oxygen atoms in total. The van der Waals surface area contributed by atoms with Crippen molar-refractivity contribution in [2.75, 3.05) is 13.6 Å². The maximum Gasteiger partial charge on any atom is 0.191 e. The first-order chi connectivity index (χ1) is 12.1. The van der Waals surface area contributed by atoms with Gasteiger partial charge in [0.15, 0.2) is 5.96 Å². The molecule has 136 valence electrons.